The lowest BCUT2D eigenvalue weighted by Gasteiger charge is -2.24. The summed E-state index contributed by atoms with van der Waals surface area (Å²) in [7, 11) is 0. The van der Waals surface area contributed by atoms with Crippen molar-refractivity contribution in [1.82, 2.24) is 14.8 Å². The first-order chi connectivity index (χ1) is 15.0. The molecule has 31 heavy (non-hydrogen) atoms. The van der Waals surface area contributed by atoms with E-state index in [4.69, 9.17) is 4.42 Å². The molecule has 1 aliphatic heterocycles. The maximum Gasteiger partial charge on any atom is 0.259 e. The number of hydrogen-bond acceptors (Lipinski definition) is 5. The zero-order valence-corrected chi connectivity index (χ0v) is 17.9. The third-order valence-electron chi connectivity index (χ3n) is 5.83. The van der Waals surface area contributed by atoms with Gasteiger partial charge in [0.1, 0.15) is 5.76 Å². The quantitative estimate of drug-likeness (QED) is 0.506. The number of hydrogen-bond donors (Lipinski definition) is 1. The van der Waals surface area contributed by atoms with Gasteiger partial charge in [0.25, 0.3) is 5.91 Å². The summed E-state index contributed by atoms with van der Waals surface area (Å²) in [6.45, 7) is 6.86. The Balaban J connectivity index is 1.36. The number of nitrogens with one attached hydrogen (secondary N) is 1. The number of aromatic nitrogens is 3. The molecule has 3 aromatic heterocycles. The number of carbonyl (C=O) groups is 1. The maximum absolute atomic E-state index is 13.0. The third-order valence-corrected chi connectivity index (χ3v) is 5.83. The summed E-state index contributed by atoms with van der Waals surface area (Å²) >= 11 is 0. The molecule has 0 bridgehead atoms. The topological polar surface area (TPSA) is 76.2 Å². The van der Waals surface area contributed by atoms with Crippen molar-refractivity contribution in [3.63, 3.8) is 0 Å². The molecule has 0 aliphatic carbocycles. The Labute approximate surface area is 180 Å². The molecule has 4 aromatic rings. The summed E-state index contributed by atoms with van der Waals surface area (Å²) in [5.74, 6) is 0.448. The Bertz CT molecular complexity index is 1260. The van der Waals surface area contributed by atoms with Crippen LogP contribution in [0.5, 0.6) is 0 Å². The number of anilines is 2. The van der Waals surface area contributed by atoms with Crippen molar-refractivity contribution in [2.45, 2.75) is 45.8 Å². The van der Waals surface area contributed by atoms with Gasteiger partial charge in [-0.1, -0.05) is 18.2 Å². The van der Waals surface area contributed by atoms with Crippen molar-refractivity contribution in [2.24, 2.45) is 0 Å². The summed E-state index contributed by atoms with van der Waals surface area (Å²) in [6.07, 6.45) is 6.01. The Morgan fingerprint density at radius 3 is 2.94 bits per heavy atom. The van der Waals surface area contributed by atoms with E-state index in [0.29, 0.717) is 29.6 Å². The minimum Gasteiger partial charge on any atom is -0.467 e. The number of benzene rings is 1. The van der Waals surface area contributed by atoms with E-state index in [0.717, 1.165) is 17.5 Å². The molecule has 1 aliphatic rings. The van der Waals surface area contributed by atoms with Crippen molar-refractivity contribution in [3.05, 3.63) is 71.9 Å². The van der Waals surface area contributed by atoms with E-state index in [1.54, 1.807) is 24.7 Å². The fourth-order valence-electron chi connectivity index (χ4n) is 4.28. The normalized spacial score (nSPS) is 15.6. The van der Waals surface area contributed by atoms with Crippen LogP contribution in [-0.2, 0) is 13.0 Å². The van der Waals surface area contributed by atoms with Gasteiger partial charge in [-0.15, -0.1) is 0 Å². The highest BCUT2D eigenvalue weighted by Gasteiger charge is 2.28. The second-order valence-corrected chi connectivity index (χ2v) is 8.34. The molecule has 0 fully saturated rings. The van der Waals surface area contributed by atoms with Gasteiger partial charge in [0, 0.05) is 23.2 Å². The van der Waals surface area contributed by atoms with E-state index in [9.17, 15) is 4.79 Å². The second kappa shape index (κ2) is 7.58. The molecular weight excluding hydrogens is 390 g/mol. The average molecular weight is 415 g/mol. The van der Waals surface area contributed by atoms with Gasteiger partial charge in [-0.05, 0) is 51.0 Å². The second-order valence-electron chi connectivity index (χ2n) is 8.34. The van der Waals surface area contributed by atoms with Crippen molar-refractivity contribution >= 4 is 28.3 Å². The van der Waals surface area contributed by atoms with Crippen LogP contribution < -0.4 is 10.2 Å². The molecular formula is C24H25N5O2. The third kappa shape index (κ3) is 3.46. The highest BCUT2D eigenvalue weighted by atomic mass is 16.3. The largest absolute Gasteiger partial charge is 0.467 e. The predicted molar refractivity (Wildman–Crippen MR) is 120 cm³/mol. The van der Waals surface area contributed by atoms with Gasteiger partial charge >= 0.3 is 0 Å². The molecule has 1 amide bonds. The van der Waals surface area contributed by atoms with Crippen molar-refractivity contribution < 1.29 is 9.21 Å². The molecule has 1 aromatic carbocycles. The molecule has 7 nitrogen and oxygen atoms in total. The minimum absolute atomic E-state index is 0.207. The number of carbonyl (C=O) groups excluding carboxylic acids is 1. The Kier molecular flexibility index (Phi) is 4.73. The standard InChI is InChI=1S/C24H25N5O2/c1-15(2)29-23-18(12-26-29)11-19(13-25-23)27-24(30)20-8-9-31-22(20)14-28-16(3)10-17-6-4-5-7-21(17)28/h4-9,11-13,15-16H,10,14H2,1-3H3,(H,27,30). The molecule has 0 spiro atoms. The van der Waals surface area contributed by atoms with Crippen molar-refractivity contribution in [2.75, 3.05) is 10.2 Å². The van der Waals surface area contributed by atoms with Crippen LogP contribution in [0, 0.1) is 0 Å². The Morgan fingerprint density at radius 1 is 1.26 bits per heavy atom. The van der Waals surface area contributed by atoms with Gasteiger partial charge < -0.3 is 14.6 Å². The first-order valence-corrected chi connectivity index (χ1v) is 10.6. The zero-order chi connectivity index (χ0) is 21.5. The first kappa shape index (κ1) is 19.4. The summed E-state index contributed by atoms with van der Waals surface area (Å²) in [5.41, 5.74) is 4.50. The lowest BCUT2D eigenvalue weighted by Crippen LogP contribution is -2.29. The number of pyridine rings is 1. The first-order valence-electron chi connectivity index (χ1n) is 10.6. The van der Waals surface area contributed by atoms with Gasteiger partial charge in [0.2, 0.25) is 0 Å². The number of amides is 1. The van der Waals surface area contributed by atoms with E-state index in [1.165, 1.54) is 11.3 Å². The van der Waals surface area contributed by atoms with Crippen LogP contribution in [0.2, 0.25) is 0 Å². The van der Waals surface area contributed by atoms with Gasteiger partial charge in [0.05, 0.1) is 36.5 Å². The highest BCUT2D eigenvalue weighted by molar-refractivity contribution is 6.05. The van der Waals surface area contributed by atoms with Crippen molar-refractivity contribution in [3.8, 4) is 0 Å². The van der Waals surface area contributed by atoms with Crippen LogP contribution in [-0.4, -0.2) is 26.7 Å². The molecule has 0 saturated heterocycles. The lowest BCUT2D eigenvalue weighted by molar-refractivity contribution is 0.102. The van der Waals surface area contributed by atoms with E-state index >= 15 is 0 Å². The van der Waals surface area contributed by atoms with Crippen molar-refractivity contribution in [1.29, 1.82) is 0 Å². The monoisotopic (exact) mass is 415 g/mol. The molecule has 0 radical (unpaired) electrons. The van der Waals surface area contributed by atoms with Gasteiger partial charge in [-0.25, -0.2) is 9.67 Å². The predicted octanol–water partition coefficient (Wildman–Crippen LogP) is 4.81. The summed E-state index contributed by atoms with van der Waals surface area (Å²) in [4.78, 5) is 19.8. The number of fused-ring (bicyclic) bond motifs is 2. The van der Waals surface area contributed by atoms with E-state index in [2.05, 4.69) is 59.3 Å². The minimum atomic E-state index is -0.207. The molecule has 0 saturated carbocycles. The molecule has 1 atom stereocenters. The van der Waals surface area contributed by atoms with Gasteiger partial charge in [0.15, 0.2) is 5.65 Å². The van der Waals surface area contributed by atoms with Gasteiger partial charge in [-0.3, -0.25) is 4.79 Å². The summed E-state index contributed by atoms with van der Waals surface area (Å²) < 4.78 is 7.58. The van der Waals surface area contributed by atoms with E-state index in [1.807, 2.05) is 16.8 Å². The molecule has 1 N–H and O–H groups in total. The summed E-state index contributed by atoms with van der Waals surface area (Å²) in [5, 5.41) is 8.23. The van der Waals surface area contributed by atoms with E-state index in [-0.39, 0.29) is 11.9 Å². The number of furan rings is 1. The molecule has 1 unspecified atom stereocenters. The molecule has 4 heterocycles. The lowest BCUT2D eigenvalue weighted by atomic mass is 10.1. The number of rotatable bonds is 5. The molecule has 5 rings (SSSR count). The van der Waals surface area contributed by atoms with Crippen LogP contribution in [0.15, 0.2) is 59.5 Å². The van der Waals surface area contributed by atoms with E-state index < -0.39 is 0 Å². The maximum atomic E-state index is 13.0. The SMILES string of the molecule is CC1Cc2ccccc2N1Cc1occc1C(=O)Nc1cnc2c(cnn2C(C)C)c1. The van der Waals surface area contributed by atoms with Gasteiger partial charge in [-0.2, -0.15) is 5.10 Å². The van der Waals surface area contributed by atoms with Crippen LogP contribution in [0.1, 0.15) is 48.5 Å². The fraction of sp³-hybridized carbons (Fsp3) is 0.292. The van der Waals surface area contributed by atoms with Crippen LogP contribution in [0.3, 0.4) is 0 Å². The van der Waals surface area contributed by atoms with Crippen LogP contribution >= 0.6 is 0 Å². The smallest absolute Gasteiger partial charge is 0.259 e. The number of para-hydroxylation sites is 1. The summed E-state index contributed by atoms with van der Waals surface area (Å²) in [6, 6.07) is 12.6. The highest BCUT2D eigenvalue weighted by Crippen LogP contribution is 2.33. The zero-order valence-electron chi connectivity index (χ0n) is 17.9. The fourth-order valence-corrected chi connectivity index (χ4v) is 4.28. The molecule has 7 heteroatoms. The van der Waals surface area contributed by atoms with Crippen LogP contribution in [0.25, 0.3) is 11.0 Å². The molecule has 158 valence electrons. The Morgan fingerprint density at radius 2 is 2.10 bits per heavy atom. The van der Waals surface area contributed by atoms with Crippen LogP contribution in [0.4, 0.5) is 11.4 Å². The average Bonchev–Trinajstić information content (AvgIpc) is 3.45. The number of nitrogens with zero attached hydrogens (tertiary/aromatic N) is 4. The Hall–Kier alpha value is -3.61.